The van der Waals surface area contributed by atoms with Gasteiger partial charge in [0, 0.05) is 33.5 Å². The Kier molecular flexibility index (Phi) is 11.9. The summed E-state index contributed by atoms with van der Waals surface area (Å²) in [6, 6.07) is 0.785. The van der Waals surface area contributed by atoms with E-state index in [0.29, 0.717) is 31.9 Å². The average molecular weight is 497 g/mol. The van der Waals surface area contributed by atoms with Crippen molar-refractivity contribution in [2.24, 2.45) is 4.99 Å². The molecule has 1 aromatic heterocycles. The van der Waals surface area contributed by atoms with Gasteiger partial charge in [0.2, 0.25) is 5.88 Å². The van der Waals surface area contributed by atoms with Crippen molar-refractivity contribution in [3.05, 3.63) is 22.8 Å². The maximum Gasteiger partial charge on any atom is 0.417 e. The molecule has 0 bridgehead atoms. The third kappa shape index (κ3) is 9.31. The molecule has 0 aromatic carbocycles. The molecular formula is C14H21ClF3IN4O2. The van der Waals surface area contributed by atoms with Crippen LogP contribution in [0.5, 0.6) is 5.88 Å². The molecule has 0 saturated heterocycles. The van der Waals surface area contributed by atoms with E-state index in [0.717, 1.165) is 12.5 Å². The molecule has 1 heterocycles. The van der Waals surface area contributed by atoms with E-state index in [4.69, 9.17) is 21.1 Å². The maximum absolute atomic E-state index is 12.5. The van der Waals surface area contributed by atoms with Gasteiger partial charge in [0.05, 0.1) is 12.1 Å². The zero-order chi connectivity index (χ0) is 18.0. The van der Waals surface area contributed by atoms with Crippen LogP contribution in [-0.4, -0.2) is 51.4 Å². The molecule has 0 aliphatic carbocycles. The van der Waals surface area contributed by atoms with Gasteiger partial charge in [-0.1, -0.05) is 11.6 Å². The summed E-state index contributed by atoms with van der Waals surface area (Å²) in [6.07, 6.45) is -2.97. The second-order valence-electron chi connectivity index (χ2n) is 4.63. The van der Waals surface area contributed by atoms with Gasteiger partial charge in [-0.3, -0.25) is 4.99 Å². The number of nitrogens with zero attached hydrogens (tertiary/aromatic N) is 2. The minimum Gasteiger partial charge on any atom is -0.475 e. The highest BCUT2D eigenvalue weighted by atomic mass is 127. The van der Waals surface area contributed by atoms with Crippen LogP contribution in [0.15, 0.2) is 17.3 Å². The molecule has 1 rings (SSSR count). The smallest absolute Gasteiger partial charge is 0.417 e. The second-order valence-corrected chi connectivity index (χ2v) is 5.04. The van der Waals surface area contributed by atoms with Crippen molar-refractivity contribution in [1.29, 1.82) is 0 Å². The molecule has 144 valence electrons. The summed E-state index contributed by atoms with van der Waals surface area (Å²) in [5.41, 5.74) is -0.918. The molecule has 11 heteroatoms. The highest BCUT2D eigenvalue weighted by molar-refractivity contribution is 14.0. The van der Waals surface area contributed by atoms with Crippen molar-refractivity contribution < 1.29 is 22.6 Å². The number of hydrogen-bond acceptors (Lipinski definition) is 4. The Morgan fingerprint density at radius 3 is 2.52 bits per heavy atom. The normalized spacial score (nSPS) is 11.7. The number of aromatic nitrogens is 1. The highest BCUT2D eigenvalue weighted by Gasteiger charge is 2.31. The molecule has 1 aromatic rings. The minimum absolute atomic E-state index is 0. The van der Waals surface area contributed by atoms with E-state index < -0.39 is 11.7 Å². The number of alkyl halides is 3. The van der Waals surface area contributed by atoms with E-state index in [1.165, 1.54) is 0 Å². The molecule has 0 radical (unpaired) electrons. The Hall–Kier alpha value is -1.01. The largest absolute Gasteiger partial charge is 0.475 e. The lowest BCUT2D eigenvalue weighted by atomic mass is 10.3. The van der Waals surface area contributed by atoms with E-state index in [2.05, 4.69) is 20.6 Å². The Bertz CT molecular complexity index is 547. The molecule has 0 aliphatic heterocycles. The number of ether oxygens (including phenoxy) is 2. The van der Waals surface area contributed by atoms with Crippen LogP contribution >= 0.6 is 35.6 Å². The number of rotatable bonds is 8. The molecule has 0 saturated carbocycles. The summed E-state index contributed by atoms with van der Waals surface area (Å²) in [5.74, 6) is 0.538. The van der Waals surface area contributed by atoms with Crippen LogP contribution in [-0.2, 0) is 10.9 Å². The van der Waals surface area contributed by atoms with Gasteiger partial charge >= 0.3 is 6.18 Å². The van der Waals surface area contributed by atoms with Gasteiger partial charge in [-0.25, -0.2) is 4.98 Å². The highest BCUT2D eigenvalue weighted by Crippen LogP contribution is 2.32. The van der Waals surface area contributed by atoms with Crippen molar-refractivity contribution in [3.8, 4) is 5.88 Å². The molecule has 0 fully saturated rings. The summed E-state index contributed by atoms with van der Waals surface area (Å²) in [7, 11) is 3.26. The molecular weight excluding hydrogens is 476 g/mol. The van der Waals surface area contributed by atoms with E-state index in [9.17, 15) is 13.2 Å². The number of aliphatic imine (C=N–C) groups is 1. The molecule has 6 nitrogen and oxygen atoms in total. The van der Waals surface area contributed by atoms with Crippen molar-refractivity contribution in [3.63, 3.8) is 0 Å². The van der Waals surface area contributed by atoms with E-state index in [1.807, 2.05) is 0 Å². The number of methoxy groups -OCH3 is 1. The maximum atomic E-state index is 12.5. The first-order chi connectivity index (χ1) is 11.4. The summed E-state index contributed by atoms with van der Waals surface area (Å²) in [4.78, 5) is 7.61. The predicted octanol–water partition coefficient (Wildman–Crippen LogP) is 2.95. The third-order valence-electron chi connectivity index (χ3n) is 2.81. The number of hydrogen-bond donors (Lipinski definition) is 2. The standard InChI is InChI=1S/C14H20ClF3N4O2.HI/c1-19-13(20-4-3-6-23-2)21-5-7-24-12-11(15)8-10(9-22-12)14(16,17)18;/h8-9H,3-7H2,1-2H3,(H2,19,20,21);1H. The topological polar surface area (TPSA) is 67.8 Å². The van der Waals surface area contributed by atoms with Crippen molar-refractivity contribution in [2.45, 2.75) is 12.6 Å². The Morgan fingerprint density at radius 2 is 1.96 bits per heavy atom. The molecule has 2 N–H and O–H groups in total. The van der Waals surface area contributed by atoms with Crippen LogP contribution in [0, 0.1) is 0 Å². The van der Waals surface area contributed by atoms with E-state index in [-0.39, 0.29) is 41.5 Å². The lowest BCUT2D eigenvalue weighted by Gasteiger charge is -2.13. The van der Waals surface area contributed by atoms with Gasteiger partial charge in [0.25, 0.3) is 0 Å². The summed E-state index contributed by atoms with van der Waals surface area (Å²) in [5, 5.41) is 5.88. The van der Waals surface area contributed by atoms with Crippen molar-refractivity contribution in [2.75, 3.05) is 40.5 Å². The SMILES string of the molecule is CN=C(NCCCOC)NCCOc1ncc(C(F)(F)F)cc1Cl.I. The predicted molar refractivity (Wildman–Crippen MR) is 101 cm³/mol. The summed E-state index contributed by atoms with van der Waals surface area (Å²) >= 11 is 5.75. The fraction of sp³-hybridized carbons (Fsp3) is 0.571. The van der Waals surface area contributed by atoms with Crippen LogP contribution in [0.3, 0.4) is 0 Å². The summed E-state index contributed by atoms with van der Waals surface area (Å²) in [6.45, 7) is 1.88. The summed E-state index contributed by atoms with van der Waals surface area (Å²) < 4.78 is 47.7. The Morgan fingerprint density at radius 1 is 1.28 bits per heavy atom. The van der Waals surface area contributed by atoms with Crippen molar-refractivity contribution >= 4 is 41.5 Å². The molecule has 0 spiro atoms. The van der Waals surface area contributed by atoms with Gasteiger partial charge in [-0.2, -0.15) is 13.2 Å². The average Bonchev–Trinajstić information content (AvgIpc) is 2.53. The number of pyridine rings is 1. The first kappa shape index (κ1) is 24.0. The molecule has 0 atom stereocenters. The molecule has 0 unspecified atom stereocenters. The van der Waals surface area contributed by atoms with Crippen LogP contribution in [0.4, 0.5) is 13.2 Å². The first-order valence-electron chi connectivity index (χ1n) is 7.17. The molecule has 25 heavy (non-hydrogen) atoms. The lowest BCUT2D eigenvalue weighted by Crippen LogP contribution is -2.39. The Balaban J connectivity index is 0.00000576. The number of guanidine groups is 1. The first-order valence-corrected chi connectivity index (χ1v) is 7.55. The van der Waals surface area contributed by atoms with Crippen LogP contribution in [0.25, 0.3) is 0 Å². The van der Waals surface area contributed by atoms with Crippen molar-refractivity contribution in [1.82, 2.24) is 15.6 Å². The quantitative estimate of drug-likeness (QED) is 0.251. The fourth-order valence-electron chi connectivity index (χ4n) is 1.65. The number of nitrogens with one attached hydrogen (secondary N) is 2. The fourth-order valence-corrected chi connectivity index (χ4v) is 1.87. The van der Waals surface area contributed by atoms with E-state index in [1.54, 1.807) is 14.2 Å². The van der Waals surface area contributed by atoms with Crippen LogP contribution in [0.1, 0.15) is 12.0 Å². The van der Waals surface area contributed by atoms with Gasteiger partial charge in [-0.05, 0) is 12.5 Å². The van der Waals surface area contributed by atoms with Gasteiger partial charge < -0.3 is 20.1 Å². The molecule has 0 aliphatic rings. The second kappa shape index (κ2) is 12.4. The Labute approximate surface area is 166 Å². The van der Waals surface area contributed by atoms with Crippen LogP contribution in [0.2, 0.25) is 5.02 Å². The van der Waals surface area contributed by atoms with Gasteiger partial charge in [-0.15, -0.1) is 24.0 Å². The van der Waals surface area contributed by atoms with E-state index >= 15 is 0 Å². The zero-order valence-corrected chi connectivity index (χ0v) is 16.9. The van der Waals surface area contributed by atoms with Crippen LogP contribution < -0.4 is 15.4 Å². The van der Waals surface area contributed by atoms with Gasteiger partial charge in [0.1, 0.15) is 11.6 Å². The van der Waals surface area contributed by atoms with Gasteiger partial charge in [0.15, 0.2) is 5.96 Å². The number of halogens is 5. The molecule has 0 amide bonds. The minimum atomic E-state index is -4.49. The lowest BCUT2D eigenvalue weighted by molar-refractivity contribution is -0.137. The monoisotopic (exact) mass is 496 g/mol. The zero-order valence-electron chi connectivity index (χ0n) is 13.8. The third-order valence-corrected chi connectivity index (χ3v) is 3.08.